The Morgan fingerprint density at radius 3 is 2.26 bits per heavy atom. The third-order valence-corrected chi connectivity index (χ3v) is 7.89. The van der Waals surface area contributed by atoms with Crippen LogP contribution >= 0.6 is 0 Å². The SMILES string of the molecule is Cc1cc(C(=O)N2CCC3(CC2)c2ccc(C(=O)C(F)(F)F)n2CCN3C)ccc1-c1c[nH]nc1C(F)(F)F. The van der Waals surface area contributed by atoms with Gasteiger partial charge in [0.25, 0.3) is 11.7 Å². The van der Waals surface area contributed by atoms with Crippen molar-refractivity contribution in [1.82, 2.24) is 24.6 Å². The summed E-state index contributed by atoms with van der Waals surface area (Å²) in [5.41, 5.74) is -0.427. The number of nitrogens with zero attached hydrogens (tertiary/aromatic N) is 4. The minimum absolute atomic E-state index is 0.106. The number of carbonyl (C=O) groups is 2. The van der Waals surface area contributed by atoms with Gasteiger partial charge in [0, 0.05) is 49.2 Å². The average molecular weight is 554 g/mol. The molecule has 2 aromatic heterocycles. The van der Waals surface area contributed by atoms with Crippen LogP contribution in [0.25, 0.3) is 11.1 Å². The Kier molecular flexibility index (Phi) is 6.40. The number of hydrogen-bond donors (Lipinski definition) is 1. The van der Waals surface area contributed by atoms with E-state index in [1.54, 1.807) is 24.0 Å². The summed E-state index contributed by atoms with van der Waals surface area (Å²) >= 11 is 0. The van der Waals surface area contributed by atoms with Crippen LogP contribution in [0.1, 0.15) is 50.6 Å². The summed E-state index contributed by atoms with van der Waals surface area (Å²) in [5.74, 6) is -2.16. The Morgan fingerprint density at radius 1 is 0.949 bits per heavy atom. The van der Waals surface area contributed by atoms with Crippen LogP contribution < -0.4 is 0 Å². The van der Waals surface area contributed by atoms with Crippen LogP contribution in [0.4, 0.5) is 26.3 Å². The second-order valence-electron chi connectivity index (χ2n) is 10.0. The highest BCUT2D eigenvalue weighted by Gasteiger charge is 2.48. The second-order valence-corrected chi connectivity index (χ2v) is 10.0. The van der Waals surface area contributed by atoms with Gasteiger partial charge < -0.3 is 9.47 Å². The number of aromatic amines is 1. The molecule has 3 aromatic rings. The molecule has 208 valence electrons. The topological polar surface area (TPSA) is 74.2 Å². The number of carbonyl (C=O) groups excluding carboxylic acids is 2. The molecule has 1 aromatic carbocycles. The van der Waals surface area contributed by atoms with Crippen molar-refractivity contribution < 1.29 is 35.9 Å². The van der Waals surface area contributed by atoms with Gasteiger partial charge in [-0.1, -0.05) is 6.07 Å². The maximum absolute atomic E-state index is 13.3. The van der Waals surface area contributed by atoms with E-state index in [4.69, 9.17) is 0 Å². The van der Waals surface area contributed by atoms with Crippen molar-refractivity contribution in [2.45, 2.75) is 44.2 Å². The van der Waals surface area contributed by atoms with Crippen LogP contribution in [0.15, 0.2) is 36.5 Å². The zero-order chi connectivity index (χ0) is 28.3. The van der Waals surface area contributed by atoms with Gasteiger partial charge in [0.1, 0.15) is 0 Å². The number of aryl methyl sites for hydroxylation is 1. The van der Waals surface area contributed by atoms with E-state index in [1.165, 1.54) is 29.0 Å². The first kappa shape index (κ1) is 27.0. The normalized spacial score (nSPS) is 17.9. The molecule has 39 heavy (non-hydrogen) atoms. The molecule has 1 N–H and O–H groups in total. The van der Waals surface area contributed by atoms with Gasteiger partial charge in [-0.2, -0.15) is 31.4 Å². The summed E-state index contributed by atoms with van der Waals surface area (Å²) in [4.78, 5) is 29.0. The van der Waals surface area contributed by atoms with Gasteiger partial charge in [-0.3, -0.25) is 19.6 Å². The number of halogens is 6. The molecule has 0 atom stereocenters. The molecule has 13 heteroatoms. The summed E-state index contributed by atoms with van der Waals surface area (Å²) < 4.78 is 80.7. The third-order valence-electron chi connectivity index (χ3n) is 7.89. The number of Topliss-reactive ketones (excluding diaryl/α,β-unsaturated/α-hetero) is 1. The molecule has 0 bridgehead atoms. The van der Waals surface area contributed by atoms with E-state index in [0.717, 1.165) is 0 Å². The van der Waals surface area contributed by atoms with E-state index in [0.29, 0.717) is 54.9 Å². The number of nitrogens with one attached hydrogen (secondary N) is 1. The van der Waals surface area contributed by atoms with E-state index in [9.17, 15) is 35.9 Å². The van der Waals surface area contributed by atoms with Crippen molar-refractivity contribution in [3.05, 3.63) is 64.7 Å². The number of likely N-dealkylation sites (tertiary alicyclic amines) is 1. The fraction of sp³-hybridized carbons (Fsp3) is 0.423. The molecule has 4 heterocycles. The summed E-state index contributed by atoms with van der Waals surface area (Å²) in [6.07, 6.45) is -7.55. The zero-order valence-corrected chi connectivity index (χ0v) is 21.1. The van der Waals surface area contributed by atoms with E-state index in [1.807, 2.05) is 7.05 Å². The smallest absolute Gasteiger partial charge is 0.339 e. The molecule has 0 unspecified atom stereocenters. The van der Waals surface area contributed by atoms with Gasteiger partial charge in [-0.05, 0) is 62.2 Å². The number of piperidine rings is 1. The molecule has 1 saturated heterocycles. The number of likely N-dealkylation sites (N-methyl/N-ethyl adjacent to an activating group) is 1. The van der Waals surface area contributed by atoms with Crippen LogP contribution in [0.2, 0.25) is 0 Å². The van der Waals surface area contributed by atoms with Gasteiger partial charge in [0.15, 0.2) is 5.69 Å². The fourth-order valence-electron chi connectivity index (χ4n) is 5.83. The molecule has 1 fully saturated rings. The molecular weight excluding hydrogens is 528 g/mol. The highest BCUT2D eigenvalue weighted by atomic mass is 19.4. The van der Waals surface area contributed by atoms with Crippen LogP contribution in [0.5, 0.6) is 0 Å². The molecule has 0 aliphatic carbocycles. The molecule has 2 aliphatic rings. The minimum Gasteiger partial charge on any atom is -0.339 e. The number of H-pyrrole nitrogens is 1. The molecular formula is C26H25F6N5O2. The summed E-state index contributed by atoms with van der Waals surface area (Å²) in [6.45, 7) is 2.95. The van der Waals surface area contributed by atoms with Crippen LogP contribution in [-0.2, 0) is 18.3 Å². The predicted octanol–water partition coefficient (Wildman–Crippen LogP) is 5.03. The standard InChI is InChI=1S/C26H25F6N5O2/c1-15-13-16(3-4-17(15)18-14-33-34-21(18)25(27,28)29)23(39)36-9-7-24(8-10-36)20-6-5-19(22(38)26(30,31)32)37(20)12-11-35(24)2/h3-6,13-14H,7-12H2,1-2H3,(H,33,34). The first-order chi connectivity index (χ1) is 18.2. The lowest BCUT2D eigenvalue weighted by molar-refractivity contribution is -0.140. The van der Waals surface area contributed by atoms with Crippen molar-refractivity contribution in [2.24, 2.45) is 0 Å². The Labute approximate surface area is 219 Å². The van der Waals surface area contributed by atoms with Gasteiger partial charge in [0.05, 0.1) is 11.2 Å². The van der Waals surface area contributed by atoms with E-state index in [-0.39, 0.29) is 23.7 Å². The minimum atomic E-state index is -4.97. The van der Waals surface area contributed by atoms with E-state index in [2.05, 4.69) is 15.1 Å². The summed E-state index contributed by atoms with van der Waals surface area (Å²) in [6, 6.07) is 7.28. The highest BCUT2D eigenvalue weighted by molar-refractivity contribution is 5.99. The van der Waals surface area contributed by atoms with Crippen molar-refractivity contribution in [2.75, 3.05) is 26.7 Å². The van der Waals surface area contributed by atoms with Crippen molar-refractivity contribution in [1.29, 1.82) is 0 Å². The van der Waals surface area contributed by atoms with Crippen molar-refractivity contribution in [3.63, 3.8) is 0 Å². The maximum atomic E-state index is 13.3. The lowest BCUT2D eigenvalue weighted by Gasteiger charge is -2.50. The average Bonchev–Trinajstić information content (AvgIpc) is 3.53. The molecule has 0 saturated carbocycles. The number of hydrogen-bond acceptors (Lipinski definition) is 4. The Hall–Kier alpha value is -3.61. The van der Waals surface area contributed by atoms with E-state index >= 15 is 0 Å². The summed E-state index contributed by atoms with van der Waals surface area (Å²) in [7, 11) is 1.88. The Morgan fingerprint density at radius 2 is 1.64 bits per heavy atom. The van der Waals surface area contributed by atoms with Crippen LogP contribution in [0, 0.1) is 6.92 Å². The number of aromatic nitrogens is 3. The summed E-state index contributed by atoms with van der Waals surface area (Å²) in [5, 5.41) is 5.57. The Balaban J connectivity index is 1.35. The lowest BCUT2D eigenvalue weighted by Crippen LogP contribution is -2.56. The van der Waals surface area contributed by atoms with Gasteiger partial charge >= 0.3 is 12.4 Å². The molecule has 5 rings (SSSR count). The largest absolute Gasteiger partial charge is 0.456 e. The maximum Gasteiger partial charge on any atom is 0.456 e. The number of ketones is 1. The van der Waals surface area contributed by atoms with Gasteiger partial charge in [-0.25, -0.2) is 0 Å². The highest BCUT2D eigenvalue weighted by Crippen LogP contribution is 2.42. The molecule has 7 nitrogen and oxygen atoms in total. The van der Waals surface area contributed by atoms with Crippen LogP contribution in [0.3, 0.4) is 0 Å². The monoisotopic (exact) mass is 553 g/mol. The first-order valence-corrected chi connectivity index (χ1v) is 12.3. The number of benzene rings is 1. The zero-order valence-electron chi connectivity index (χ0n) is 21.1. The second kappa shape index (κ2) is 9.25. The number of rotatable bonds is 3. The van der Waals surface area contributed by atoms with Gasteiger partial charge in [-0.15, -0.1) is 0 Å². The van der Waals surface area contributed by atoms with Crippen molar-refractivity contribution >= 4 is 11.7 Å². The van der Waals surface area contributed by atoms with Crippen molar-refractivity contribution in [3.8, 4) is 11.1 Å². The molecule has 2 aliphatic heterocycles. The third kappa shape index (κ3) is 4.52. The van der Waals surface area contributed by atoms with Crippen LogP contribution in [-0.4, -0.2) is 69.1 Å². The Bertz CT molecular complexity index is 1430. The lowest BCUT2D eigenvalue weighted by atomic mass is 9.81. The quantitative estimate of drug-likeness (QED) is 0.365. The molecule has 0 radical (unpaired) electrons. The predicted molar refractivity (Wildman–Crippen MR) is 128 cm³/mol. The number of amides is 1. The fourth-order valence-corrected chi connectivity index (χ4v) is 5.83. The van der Waals surface area contributed by atoms with E-state index < -0.39 is 29.4 Å². The number of fused-ring (bicyclic) bond motifs is 2. The molecule has 1 amide bonds. The van der Waals surface area contributed by atoms with Gasteiger partial charge in [0.2, 0.25) is 0 Å². The first-order valence-electron chi connectivity index (χ1n) is 12.3. The number of alkyl halides is 6. The molecule has 1 spiro atoms.